The van der Waals surface area contributed by atoms with E-state index in [1.807, 2.05) is 0 Å². The van der Waals surface area contributed by atoms with Crippen LogP contribution in [0.3, 0.4) is 0 Å². The second-order valence-corrected chi connectivity index (χ2v) is 4.85. The number of esters is 1. The van der Waals surface area contributed by atoms with Gasteiger partial charge in [-0.2, -0.15) is 0 Å². The topological polar surface area (TPSA) is 82.3 Å². The lowest BCUT2D eigenvalue weighted by Crippen LogP contribution is -2.07. The molecule has 0 saturated heterocycles. The zero-order valence-electron chi connectivity index (χ0n) is 12.0. The summed E-state index contributed by atoms with van der Waals surface area (Å²) in [6.45, 7) is 3.68. The largest absolute Gasteiger partial charge is 0.462 e. The molecule has 2 rings (SSSR count). The van der Waals surface area contributed by atoms with Crippen molar-refractivity contribution in [3.8, 4) is 11.1 Å². The lowest BCUT2D eigenvalue weighted by atomic mass is 10.0. The minimum absolute atomic E-state index is 0.0213. The van der Waals surface area contributed by atoms with Gasteiger partial charge in [-0.15, -0.1) is 0 Å². The number of nitro benzene ring substituents is 1. The first-order valence-corrected chi connectivity index (χ1v) is 6.90. The number of aromatic nitrogens is 1. The molecule has 0 radical (unpaired) electrons. The van der Waals surface area contributed by atoms with Crippen LogP contribution >= 0.6 is 11.6 Å². The molecule has 0 amide bonds. The van der Waals surface area contributed by atoms with Gasteiger partial charge in [-0.3, -0.25) is 15.1 Å². The molecule has 0 aliphatic rings. The third kappa shape index (κ3) is 3.07. The molecule has 0 aliphatic heterocycles. The molecule has 1 aromatic heterocycles. The summed E-state index contributed by atoms with van der Waals surface area (Å²) in [6, 6.07) is 5.90. The molecule has 0 saturated carbocycles. The average Bonchev–Trinajstić information content (AvgIpc) is 2.48. The van der Waals surface area contributed by atoms with Crippen molar-refractivity contribution in [1.29, 1.82) is 0 Å². The molecule has 114 valence electrons. The molecule has 0 aliphatic carbocycles. The third-order valence-corrected chi connectivity index (χ3v) is 3.46. The normalized spacial score (nSPS) is 10.3. The molecule has 0 bridgehead atoms. The molecule has 0 N–H and O–H groups in total. The fraction of sp³-hybridized carbons (Fsp3) is 0.200. The van der Waals surface area contributed by atoms with E-state index in [4.69, 9.17) is 16.3 Å². The number of nitrogens with zero attached hydrogens (tertiary/aromatic N) is 2. The Morgan fingerprint density at radius 2 is 2.00 bits per heavy atom. The van der Waals surface area contributed by atoms with Crippen LogP contribution in [0, 0.1) is 17.0 Å². The summed E-state index contributed by atoms with van der Waals surface area (Å²) in [7, 11) is 0. The van der Waals surface area contributed by atoms with E-state index in [0.717, 1.165) is 0 Å². The van der Waals surface area contributed by atoms with Crippen molar-refractivity contribution in [2.75, 3.05) is 6.61 Å². The summed E-state index contributed by atoms with van der Waals surface area (Å²) in [5.74, 6) is -0.553. The van der Waals surface area contributed by atoms with Gasteiger partial charge in [0.25, 0.3) is 5.69 Å². The first-order valence-electron chi connectivity index (χ1n) is 6.52. The molecule has 0 spiro atoms. The molecule has 0 atom stereocenters. The predicted molar refractivity (Wildman–Crippen MR) is 82.0 cm³/mol. The van der Waals surface area contributed by atoms with Gasteiger partial charge < -0.3 is 4.74 Å². The lowest BCUT2D eigenvalue weighted by Gasteiger charge is -2.11. The molecule has 22 heavy (non-hydrogen) atoms. The van der Waals surface area contributed by atoms with Crippen LogP contribution in [0.25, 0.3) is 11.1 Å². The number of carbonyl (C=O) groups is 1. The molecule has 1 aromatic carbocycles. The van der Waals surface area contributed by atoms with Gasteiger partial charge in [0.2, 0.25) is 0 Å². The van der Waals surface area contributed by atoms with Crippen LogP contribution in [0.1, 0.15) is 23.0 Å². The SMILES string of the molecule is CCOC(=O)c1cnc(C)c(-c2ccc([N+](=O)[O-])cc2)c1Cl. The fourth-order valence-corrected chi connectivity index (χ4v) is 2.38. The molecule has 2 aromatic rings. The maximum absolute atomic E-state index is 11.9. The number of benzene rings is 1. The molecular formula is C15H13ClN2O4. The van der Waals surface area contributed by atoms with Crippen molar-refractivity contribution in [1.82, 2.24) is 4.98 Å². The molecule has 1 heterocycles. The third-order valence-electron chi connectivity index (χ3n) is 3.07. The fourth-order valence-electron chi connectivity index (χ4n) is 2.01. The Morgan fingerprint density at radius 1 is 1.36 bits per heavy atom. The number of rotatable bonds is 4. The Bertz CT molecular complexity index is 729. The zero-order chi connectivity index (χ0) is 16.3. The first-order chi connectivity index (χ1) is 10.5. The van der Waals surface area contributed by atoms with Gasteiger partial charge in [-0.1, -0.05) is 11.6 Å². The van der Waals surface area contributed by atoms with E-state index < -0.39 is 10.9 Å². The van der Waals surface area contributed by atoms with Crippen LogP contribution < -0.4 is 0 Å². The highest BCUT2D eigenvalue weighted by molar-refractivity contribution is 6.36. The minimum Gasteiger partial charge on any atom is -0.462 e. The van der Waals surface area contributed by atoms with Gasteiger partial charge in [0, 0.05) is 29.6 Å². The van der Waals surface area contributed by atoms with E-state index in [-0.39, 0.29) is 22.9 Å². The standard InChI is InChI=1S/C15H13ClN2O4/c1-3-22-15(19)12-8-17-9(2)13(14(12)16)10-4-6-11(7-5-10)18(20)21/h4-8H,3H2,1-2H3. The Morgan fingerprint density at radius 3 is 2.55 bits per heavy atom. The summed E-state index contributed by atoms with van der Waals surface area (Å²) in [5.41, 5.74) is 1.97. The zero-order valence-corrected chi connectivity index (χ0v) is 12.8. The molecule has 0 unspecified atom stereocenters. The number of nitro groups is 1. The number of carbonyl (C=O) groups excluding carboxylic acids is 1. The van der Waals surface area contributed by atoms with Crippen LogP contribution in [0.2, 0.25) is 5.02 Å². The summed E-state index contributed by atoms with van der Waals surface area (Å²) < 4.78 is 4.94. The molecule has 0 fully saturated rings. The number of halogens is 1. The summed E-state index contributed by atoms with van der Waals surface area (Å²) in [4.78, 5) is 26.2. The van der Waals surface area contributed by atoms with E-state index in [0.29, 0.717) is 16.8 Å². The average molecular weight is 321 g/mol. The lowest BCUT2D eigenvalue weighted by molar-refractivity contribution is -0.384. The first kappa shape index (κ1) is 15.9. The number of pyridine rings is 1. The Balaban J connectivity index is 2.52. The summed E-state index contributed by atoms with van der Waals surface area (Å²) in [5, 5.41) is 10.9. The number of ether oxygens (including phenoxy) is 1. The van der Waals surface area contributed by atoms with E-state index in [2.05, 4.69) is 4.98 Å². The van der Waals surface area contributed by atoms with Crippen molar-refractivity contribution < 1.29 is 14.5 Å². The van der Waals surface area contributed by atoms with Crippen LogP contribution in [-0.2, 0) is 4.74 Å². The highest BCUT2D eigenvalue weighted by Crippen LogP contribution is 2.33. The van der Waals surface area contributed by atoms with Crippen molar-refractivity contribution in [2.45, 2.75) is 13.8 Å². The quantitative estimate of drug-likeness (QED) is 0.486. The Kier molecular flexibility index (Phi) is 4.72. The summed E-state index contributed by atoms with van der Waals surface area (Å²) in [6.07, 6.45) is 1.37. The van der Waals surface area contributed by atoms with Crippen molar-refractivity contribution in [3.63, 3.8) is 0 Å². The minimum atomic E-state index is -0.553. The monoisotopic (exact) mass is 320 g/mol. The predicted octanol–water partition coefficient (Wildman–Crippen LogP) is 3.80. The second kappa shape index (κ2) is 6.53. The van der Waals surface area contributed by atoms with Gasteiger partial charge in [-0.25, -0.2) is 4.79 Å². The van der Waals surface area contributed by atoms with E-state index in [1.165, 1.54) is 18.3 Å². The molecule has 7 heteroatoms. The molecular weight excluding hydrogens is 308 g/mol. The number of non-ortho nitro benzene ring substituents is 1. The molecule has 6 nitrogen and oxygen atoms in total. The Labute approximate surface area is 131 Å². The van der Waals surface area contributed by atoms with E-state index >= 15 is 0 Å². The number of hydrogen-bond donors (Lipinski definition) is 0. The number of aryl methyl sites for hydroxylation is 1. The maximum atomic E-state index is 11.9. The van der Waals surface area contributed by atoms with Crippen LogP contribution in [-0.4, -0.2) is 22.5 Å². The van der Waals surface area contributed by atoms with Gasteiger partial charge in [0.1, 0.15) is 0 Å². The van der Waals surface area contributed by atoms with E-state index in [9.17, 15) is 14.9 Å². The van der Waals surface area contributed by atoms with Crippen LogP contribution in [0.4, 0.5) is 5.69 Å². The van der Waals surface area contributed by atoms with Crippen molar-refractivity contribution >= 4 is 23.3 Å². The highest BCUT2D eigenvalue weighted by atomic mass is 35.5. The van der Waals surface area contributed by atoms with E-state index in [1.54, 1.807) is 26.0 Å². The maximum Gasteiger partial charge on any atom is 0.341 e. The summed E-state index contributed by atoms with van der Waals surface area (Å²) >= 11 is 6.31. The smallest absolute Gasteiger partial charge is 0.341 e. The van der Waals surface area contributed by atoms with Gasteiger partial charge in [-0.05, 0) is 31.5 Å². The van der Waals surface area contributed by atoms with Crippen LogP contribution in [0.15, 0.2) is 30.5 Å². The van der Waals surface area contributed by atoms with Gasteiger partial charge in [0.15, 0.2) is 0 Å². The van der Waals surface area contributed by atoms with Crippen molar-refractivity contribution in [3.05, 3.63) is 56.9 Å². The Hall–Kier alpha value is -2.47. The van der Waals surface area contributed by atoms with Gasteiger partial charge >= 0.3 is 5.97 Å². The van der Waals surface area contributed by atoms with Crippen LogP contribution in [0.5, 0.6) is 0 Å². The van der Waals surface area contributed by atoms with Crippen molar-refractivity contribution in [2.24, 2.45) is 0 Å². The second-order valence-electron chi connectivity index (χ2n) is 4.47. The van der Waals surface area contributed by atoms with Gasteiger partial charge in [0.05, 0.1) is 22.1 Å². The number of hydrogen-bond acceptors (Lipinski definition) is 5. The highest BCUT2D eigenvalue weighted by Gasteiger charge is 2.19.